The molecular formula is C10H20N2O2. The summed E-state index contributed by atoms with van der Waals surface area (Å²) in [4.78, 5) is 16.9. The number of nitrogens with one attached hydrogen (secondary N) is 2. The fraction of sp³-hybridized carbons (Fsp3) is 0.900. The molecule has 1 saturated heterocycles. The molecule has 1 unspecified atom stereocenters. The minimum atomic E-state index is -0.257. The summed E-state index contributed by atoms with van der Waals surface area (Å²) in [7, 11) is 0. The van der Waals surface area contributed by atoms with Gasteiger partial charge < -0.3 is 5.32 Å². The molecule has 1 fully saturated rings. The van der Waals surface area contributed by atoms with Gasteiger partial charge in [0.1, 0.15) is 6.04 Å². The van der Waals surface area contributed by atoms with Crippen molar-refractivity contribution in [3.63, 3.8) is 0 Å². The van der Waals surface area contributed by atoms with Crippen LogP contribution in [0.25, 0.3) is 0 Å². The second kappa shape index (κ2) is 4.75. The molecule has 1 rings (SSSR count). The van der Waals surface area contributed by atoms with E-state index < -0.39 is 0 Å². The molecule has 82 valence electrons. The van der Waals surface area contributed by atoms with Crippen LogP contribution in [0.3, 0.4) is 0 Å². The number of rotatable bonds is 2. The predicted octanol–water partition coefficient (Wildman–Crippen LogP) is 0.975. The molecule has 0 saturated carbocycles. The van der Waals surface area contributed by atoms with Gasteiger partial charge in [0.05, 0.1) is 5.60 Å². The molecule has 1 aliphatic rings. The zero-order valence-electron chi connectivity index (χ0n) is 9.22. The molecule has 0 spiro atoms. The van der Waals surface area contributed by atoms with Gasteiger partial charge in [-0.3, -0.25) is 9.63 Å². The van der Waals surface area contributed by atoms with Crippen LogP contribution in [0.1, 0.15) is 40.0 Å². The molecule has 0 aliphatic carbocycles. The molecule has 0 radical (unpaired) electrons. The fourth-order valence-corrected chi connectivity index (χ4v) is 1.30. The van der Waals surface area contributed by atoms with Crippen LogP contribution in [0.2, 0.25) is 0 Å². The highest BCUT2D eigenvalue weighted by molar-refractivity contribution is 5.81. The first-order valence-electron chi connectivity index (χ1n) is 5.20. The second-order valence-electron chi connectivity index (χ2n) is 4.67. The Morgan fingerprint density at radius 1 is 1.43 bits per heavy atom. The molecule has 1 amide bonds. The van der Waals surface area contributed by atoms with E-state index in [1.165, 1.54) is 0 Å². The summed E-state index contributed by atoms with van der Waals surface area (Å²) in [6.07, 6.45) is 2.96. The van der Waals surface area contributed by atoms with Crippen molar-refractivity contribution in [2.45, 2.75) is 51.7 Å². The maximum absolute atomic E-state index is 11.5. The van der Waals surface area contributed by atoms with Gasteiger partial charge in [-0.05, 0) is 40.0 Å². The van der Waals surface area contributed by atoms with Crippen LogP contribution in [-0.2, 0) is 9.63 Å². The third-order valence-electron chi connectivity index (χ3n) is 2.04. The van der Waals surface area contributed by atoms with E-state index in [1.54, 1.807) is 0 Å². The smallest absolute Gasteiger partial charge is 0.239 e. The lowest BCUT2D eigenvalue weighted by Gasteiger charge is -2.23. The highest BCUT2D eigenvalue weighted by Crippen LogP contribution is 2.09. The Kier molecular flexibility index (Phi) is 3.89. The van der Waals surface area contributed by atoms with E-state index in [1.807, 2.05) is 20.8 Å². The Bertz CT molecular complexity index is 199. The molecular weight excluding hydrogens is 180 g/mol. The van der Waals surface area contributed by atoms with Crippen molar-refractivity contribution in [3.8, 4) is 0 Å². The largest absolute Gasteiger partial charge is 0.355 e. The summed E-state index contributed by atoms with van der Waals surface area (Å²) in [6.45, 7) is 6.64. The topological polar surface area (TPSA) is 50.4 Å². The lowest BCUT2D eigenvalue weighted by Crippen LogP contribution is -2.45. The molecule has 2 N–H and O–H groups in total. The number of hydrogen-bond donors (Lipinski definition) is 2. The molecule has 1 atom stereocenters. The van der Waals surface area contributed by atoms with Gasteiger partial charge in [-0.15, -0.1) is 0 Å². The molecule has 0 aromatic rings. The van der Waals surface area contributed by atoms with Gasteiger partial charge >= 0.3 is 0 Å². The molecule has 0 bridgehead atoms. The molecule has 0 aromatic heterocycles. The SMILES string of the molecule is CC(C)(C)ONC1CCCCNC1=O. The molecule has 1 aliphatic heterocycles. The summed E-state index contributed by atoms with van der Waals surface area (Å²) < 4.78 is 0. The van der Waals surface area contributed by atoms with E-state index in [4.69, 9.17) is 4.84 Å². The Morgan fingerprint density at radius 3 is 2.79 bits per heavy atom. The van der Waals surface area contributed by atoms with Gasteiger partial charge in [0.2, 0.25) is 5.91 Å². The lowest BCUT2D eigenvalue weighted by molar-refractivity contribution is -0.134. The third-order valence-corrected chi connectivity index (χ3v) is 2.04. The molecule has 1 heterocycles. The molecule has 0 aromatic carbocycles. The predicted molar refractivity (Wildman–Crippen MR) is 54.6 cm³/mol. The normalized spacial score (nSPS) is 24.2. The van der Waals surface area contributed by atoms with E-state index in [-0.39, 0.29) is 17.6 Å². The number of hydrogen-bond acceptors (Lipinski definition) is 3. The highest BCUT2D eigenvalue weighted by Gasteiger charge is 2.22. The van der Waals surface area contributed by atoms with Crippen LogP contribution < -0.4 is 10.8 Å². The second-order valence-corrected chi connectivity index (χ2v) is 4.67. The summed E-state index contributed by atoms with van der Waals surface area (Å²) >= 11 is 0. The van der Waals surface area contributed by atoms with Crippen molar-refractivity contribution in [3.05, 3.63) is 0 Å². The number of carbonyl (C=O) groups is 1. The summed E-state index contributed by atoms with van der Waals surface area (Å²) in [6, 6.07) is -0.197. The van der Waals surface area contributed by atoms with Crippen molar-refractivity contribution >= 4 is 5.91 Å². The van der Waals surface area contributed by atoms with Gasteiger partial charge in [0.25, 0.3) is 0 Å². The summed E-state index contributed by atoms with van der Waals surface area (Å²) in [5.41, 5.74) is 2.58. The lowest BCUT2D eigenvalue weighted by atomic mass is 10.1. The zero-order valence-corrected chi connectivity index (χ0v) is 9.22. The first kappa shape index (κ1) is 11.5. The van der Waals surface area contributed by atoms with Crippen molar-refractivity contribution in [2.24, 2.45) is 0 Å². The van der Waals surface area contributed by atoms with E-state index >= 15 is 0 Å². The standard InChI is InChI=1S/C10H20N2O2/c1-10(2,3)14-12-8-6-4-5-7-11-9(8)13/h8,12H,4-7H2,1-3H3,(H,11,13). The van der Waals surface area contributed by atoms with Gasteiger partial charge in [0.15, 0.2) is 0 Å². The fourth-order valence-electron chi connectivity index (χ4n) is 1.30. The zero-order chi connectivity index (χ0) is 10.6. The highest BCUT2D eigenvalue weighted by atomic mass is 16.7. The van der Waals surface area contributed by atoms with Gasteiger partial charge in [-0.1, -0.05) is 0 Å². The van der Waals surface area contributed by atoms with Gasteiger partial charge in [-0.25, -0.2) is 0 Å². The summed E-state index contributed by atoms with van der Waals surface area (Å²) in [5, 5.41) is 2.85. The summed E-state index contributed by atoms with van der Waals surface area (Å²) in [5.74, 6) is 0.0479. The van der Waals surface area contributed by atoms with Crippen molar-refractivity contribution < 1.29 is 9.63 Å². The Balaban J connectivity index is 2.37. The van der Waals surface area contributed by atoms with Crippen LogP contribution >= 0.6 is 0 Å². The van der Waals surface area contributed by atoms with E-state index in [0.717, 1.165) is 25.8 Å². The van der Waals surface area contributed by atoms with Crippen molar-refractivity contribution in [2.75, 3.05) is 6.54 Å². The number of amides is 1. The third kappa shape index (κ3) is 4.07. The van der Waals surface area contributed by atoms with Gasteiger partial charge in [0, 0.05) is 6.54 Å². The van der Waals surface area contributed by atoms with Crippen molar-refractivity contribution in [1.29, 1.82) is 0 Å². The maximum atomic E-state index is 11.5. The van der Waals surface area contributed by atoms with Crippen LogP contribution in [0, 0.1) is 0 Å². The Hall–Kier alpha value is -0.610. The molecule has 4 heteroatoms. The minimum absolute atomic E-state index is 0.0479. The van der Waals surface area contributed by atoms with Crippen molar-refractivity contribution in [1.82, 2.24) is 10.8 Å². The van der Waals surface area contributed by atoms with E-state index in [0.29, 0.717) is 0 Å². The first-order chi connectivity index (χ1) is 6.49. The average Bonchev–Trinajstić information content (AvgIpc) is 2.25. The Morgan fingerprint density at radius 2 is 2.14 bits per heavy atom. The van der Waals surface area contributed by atoms with E-state index in [2.05, 4.69) is 10.8 Å². The monoisotopic (exact) mass is 200 g/mol. The number of carbonyl (C=O) groups excluding carboxylic acids is 1. The van der Waals surface area contributed by atoms with Crippen LogP contribution in [0.4, 0.5) is 0 Å². The van der Waals surface area contributed by atoms with Crippen LogP contribution in [-0.4, -0.2) is 24.1 Å². The Labute approximate surface area is 85.3 Å². The van der Waals surface area contributed by atoms with Gasteiger partial charge in [-0.2, -0.15) is 5.48 Å². The van der Waals surface area contributed by atoms with E-state index in [9.17, 15) is 4.79 Å². The average molecular weight is 200 g/mol. The molecule has 14 heavy (non-hydrogen) atoms. The van der Waals surface area contributed by atoms with Crippen LogP contribution in [0.5, 0.6) is 0 Å². The maximum Gasteiger partial charge on any atom is 0.239 e. The minimum Gasteiger partial charge on any atom is -0.355 e. The number of hydroxylamine groups is 1. The van der Waals surface area contributed by atoms with Crippen LogP contribution in [0.15, 0.2) is 0 Å². The first-order valence-corrected chi connectivity index (χ1v) is 5.20. The molecule has 4 nitrogen and oxygen atoms in total. The quantitative estimate of drug-likeness (QED) is 0.653.